The first-order valence-electron chi connectivity index (χ1n) is 7.56. The molecule has 2 rings (SSSR count). The van der Waals surface area contributed by atoms with Gasteiger partial charge in [0.25, 0.3) is 0 Å². The van der Waals surface area contributed by atoms with Gasteiger partial charge in [0, 0.05) is 5.57 Å². The van der Waals surface area contributed by atoms with Gasteiger partial charge in [0.2, 0.25) is 0 Å². The summed E-state index contributed by atoms with van der Waals surface area (Å²) >= 11 is 0. The van der Waals surface area contributed by atoms with Crippen molar-refractivity contribution in [3.8, 4) is 0 Å². The molecule has 24 heavy (non-hydrogen) atoms. The molecule has 4 N–H and O–H groups in total. The molecule has 8 heteroatoms. The van der Waals surface area contributed by atoms with Gasteiger partial charge in [0.05, 0.1) is 5.57 Å². The Bertz CT molecular complexity index is 643. The first-order valence-corrected chi connectivity index (χ1v) is 7.56. The molecule has 0 amide bonds. The highest BCUT2D eigenvalue weighted by molar-refractivity contribution is 6.14. The molecule has 2 aliphatic carbocycles. The maximum absolute atomic E-state index is 12.0. The van der Waals surface area contributed by atoms with E-state index in [1.165, 1.54) is 0 Å². The van der Waals surface area contributed by atoms with Crippen LogP contribution in [0.5, 0.6) is 0 Å². The summed E-state index contributed by atoms with van der Waals surface area (Å²) in [4.78, 5) is 47.0. The lowest BCUT2D eigenvalue weighted by atomic mass is 9.57. The minimum atomic E-state index is -2.76. The summed E-state index contributed by atoms with van der Waals surface area (Å²) in [5, 5.41) is 38.1. The number of aliphatic carboxylic acids is 4. The number of rotatable bonds is 5. The topological polar surface area (TPSA) is 149 Å². The van der Waals surface area contributed by atoms with E-state index >= 15 is 0 Å². The third-order valence-electron chi connectivity index (χ3n) is 4.98. The van der Waals surface area contributed by atoms with Gasteiger partial charge in [-0.2, -0.15) is 0 Å². The minimum absolute atomic E-state index is 0.00944. The monoisotopic (exact) mass is 338 g/mol. The van der Waals surface area contributed by atoms with E-state index in [1.807, 2.05) is 12.2 Å². The quantitative estimate of drug-likeness (QED) is 0.434. The maximum atomic E-state index is 12.0. The Balaban J connectivity index is 2.73. The largest absolute Gasteiger partial charge is 0.480 e. The summed E-state index contributed by atoms with van der Waals surface area (Å²) in [5.41, 5.74) is -4.43. The number of allylic oxidation sites excluding steroid dienone is 2. The minimum Gasteiger partial charge on any atom is -0.480 e. The normalized spacial score (nSPS) is 26.0. The second-order valence-corrected chi connectivity index (χ2v) is 6.07. The van der Waals surface area contributed by atoms with Gasteiger partial charge in [-0.3, -0.25) is 9.59 Å². The van der Waals surface area contributed by atoms with Gasteiger partial charge in [-0.25, -0.2) is 9.59 Å². The van der Waals surface area contributed by atoms with Crippen molar-refractivity contribution in [1.29, 1.82) is 0 Å². The fraction of sp³-hybridized carbons (Fsp3) is 0.500. The highest BCUT2D eigenvalue weighted by atomic mass is 16.4. The molecular weight excluding hydrogens is 320 g/mol. The number of hydrogen-bond acceptors (Lipinski definition) is 4. The van der Waals surface area contributed by atoms with E-state index in [2.05, 4.69) is 0 Å². The van der Waals surface area contributed by atoms with Crippen LogP contribution in [-0.2, 0) is 19.2 Å². The van der Waals surface area contributed by atoms with Crippen LogP contribution >= 0.6 is 0 Å². The van der Waals surface area contributed by atoms with Crippen LogP contribution in [0.4, 0.5) is 0 Å². The predicted octanol–water partition coefficient (Wildman–Crippen LogP) is 1.37. The Kier molecular flexibility index (Phi) is 4.77. The molecule has 0 spiro atoms. The number of carboxylic acid groups (broad SMARTS) is 4. The highest BCUT2D eigenvalue weighted by Crippen LogP contribution is 2.51. The lowest BCUT2D eigenvalue weighted by Crippen LogP contribution is -2.54. The second kappa shape index (κ2) is 6.46. The number of hydrogen-bond donors (Lipinski definition) is 4. The van der Waals surface area contributed by atoms with Gasteiger partial charge < -0.3 is 20.4 Å². The van der Waals surface area contributed by atoms with E-state index in [-0.39, 0.29) is 18.8 Å². The summed E-state index contributed by atoms with van der Waals surface area (Å²) in [5.74, 6) is -8.37. The Morgan fingerprint density at radius 1 is 0.917 bits per heavy atom. The van der Waals surface area contributed by atoms with Crippen LogP contribution in [-0.4, -0.2) is 44.3 Å². The average molecular weight is 338 g/mol. The van der Waals surface area contributed by atoms with Crippen molar-refractivity contribution in [2.75, 3.05) is 0 Å². The fourth-order valence-electron chi connectivity index (χ4n) is 3.97. The molecule has 2 aliphatic rings. The Hall–Kier alpha value is -2.64. The van der Waals surface area contributed by atoms with Crippen LogP contribution in [0.25, 0.3) is 0 Å². The Labute approximate surface area is 137 Å². The summed E-state index contributed by atoms with van der Waals surface area (Å²) in [6, 6.07) is 0. The third kappa shape index (κ3) is 2.57. The van der Waals surface area contributed by atoms with Gasteiger partial charge >= 0.3 is 23.9 Å². The zero-order chi connectivity index (χ0) is 18.1. The summed E-state index contributed by atoms with van der Waals surface area (Å²) in [6.45, 7) is 0. The van der Waals surface area contributed by atoms with Crippen molar-refractivity contribution in [2.24, 2.45) is 17.3 Å². The zero-order valence-electron chi connectivity index (χ0n) is 12.8. The molecule has 0 saturated carbocycles. The molecule has 0 aromatic heterocycles. The molecular formula is C16H18O8. The average Bonchev–Trinajstić information content (AvgIpc) is 2.53. The van der Waals surface area contributed by atoms with E-state index in [0.29, 0.717) is 19.3 Å². The smallest absolute Gasteiger partial charge is 0.333 e. The van der Waals surface area contributed by atoms with Crippen LogP contribution < -0.4 is 0 Å². The molecule has 0 aromatic rings. The molecule has 0 saturated heterocycles. The zero-order valence-corrected chi connectivity index (χ0v) is 12.8. The molecule has 130 valence electrons. The lowest BCUT2D eigenvalue weighted by molar-refractivity contribution is -0.171. The fourth-order valence-corrected chi connectivity index (χ4v) is 3.97. The highest BCUT2D eigenvalue weighted by Gasteiger charge is 2.62. The molecule has 0 heterocycles. The van der Waals surface area contributed by atoms with Gasteiger partial charge in [0.15, 0.2) is 5.41 Å². The van der Waals surface area contributed by atoms with Crippen molar-refractivity contribution >= 4 is 23.9 Å². The van der Waals surface area contributed by atoms with Gasteiger partial charge in [-0.1, -0.05) is 12.2 Å². The molecule has 0 bridgehead atoms. The van der Waals surface area contributed by atoms with E-state index in [1.54, 1.807) is 0 Å². The summed E-state index contributed by atoms with van der Waals surface area (Å²) < 4.78 is 0. The van der Waals surface area contributed by atoms with E-state index < -0.39 is 46.4 Å². The first-order chi connectivity index (χ1) is 11.2. The number of carbonyl (C=O) groups is 4. The lowest BCUT2D eigenvalue weighted by Gasteiger charge is -2.42. The van der Waals surface area contributed by atoms with Crippen molar-refractivity contribution in [1.82, 2.24) is 0 Å². The standard InChI is InChI=1S/C16H18O8/c17-12(18)9-6-7-10(8-4-2-1-3-5-8)16(14(21)22,15(23)24)11(9)13(19)20/h1-2,8,10H,3-7H2,(H,17,18)(H,19,20)(H,21,22)(H,23,24). The Morgan fingerprint density at radius 2 is 1.54 bits per heavy atom. The molecule has 8 nitrogen and oxygen atoms in total. The van der Waals surface area contributed by atoms with Crippen LogP contribution in [0.2, 0.25) is 0 Å². The van der Waals surface area contributed by atoms with E-state index in [9.17, 15) is 39.6 Å². The maximum Gasteiger partial charge on any atom is 0.333 e. The molecule has 0 aliphatic heterocycles. The van der Waals surface area contributed by atoms with E-state index in [0.717, 1.165) is 0 Å². The van der Waals surface area contributed by atoms with Crippen LogP contribution in [0.15, 0.2) is 23.3 Å². The van der Waals surface area contributed by atoms with Crippen LogP contribution in [0.3, 0.4) is 0 Å². The Morgan fingerprint density at radius 3 is 1.96 bits per heavy atom. The van der Waals surface area contributed by atoms with Crippen molar-refractivity contribution in [2.45, 2.75) is 32.1 Å². The van der Waals surface area contributed by atoms with Crippen molar-refractivity contribution < 1.29 is 39.6 Å². The summed E-state index contributed by atoms with van der Waals surface area (Å²) in [6.07, 6.45) is 5.20. The SMILES string of the molecule is O=C(O)C1=C(C(=O)O)C(C(=O)O)(C(=O)O)C(C2CC=CCC2)CC1. The first kappa shape index (κ1) is 17.7. The van der Waals surface area contributed by atoms with Crippen LogP contribution in [0, 0.1) is 17.3 Å². The van der Waals surface area contributed by atoms with Crippen molar-refractivity contribution in [3.63, 3.8) is 0 Å². The molecule has 2 atom stereocenters. The van der Waals surface area contributed by atoms with Gasteiger partial charge in [-0.05, 0) is 43.9 Å². The molecule has 2 unspecified atom stereocenters. The second-order valence-electron chi connectivity index (χ2n) is 6.07. The van der Waals surface area contributed by atoms with E-state index in [4.69, 9.17) is 0 Å². The van der Waals surface area contributed by atoms with Crippen LogP contribution in [0.1, 0.15) is 32.1 Å². The molecule has 0 aromatic carbocycles. The molecule has 0 fully saturated rings. The molecule has 0 radical (unpaired) electrons. The van der Waals surface area contributed by atoms with Crippen molar-refractivity contribution in [3.05, 3.63) is 23.3 Å². The van der Waals surface area contributed by atoms with Gasteiger partial charge in [-0.15, -0.1) is 0 Å². The predicted molar refractivity (Wildman–Crippen MR) is 79.2 cm³/mol. The number of carboxylic acids is 4. The van der Waals surface area contributed by atoms with Gasteiger partial charge in [0.1, 0.15) is 0 Å². The third-order valence-corrected chi connectivity index (χ3v) is 4.98. The summed E-state index contributed by atoms with van der Waals surface area (Å²) in [7, 11) is 0.